The lowest BCUT2D eigenvalue weighted by molar-refractivity contribution is -0.116. The third-order valence-electron chi connectivity index (χ3n) is 5.57. The maximum absolute atomic E-state index is 12.6. The fourth-order valence-corrected chi connectivity index (χ4v) is 3.79. The Morgan fingerprint density at radius 3 is 2.55 bits per heavy atom. The molecule has 0 bridgehead atoms. The van der Waals surface area contributed by atoms with Gasteiger partial charge in [-0.15, -0.1) is 0 Å². The van der Waals surface area contributed by atoms with Crippen LogP contribution in [0.4, 0.5) is 10.5 Å². The summed E-state index contributed by atoms with van der Waals surface area (Å²) in [5.74, 6) is 0.541. The van der Waals surface area contributed by atoms with Crippen LogP contribution in [-0.4, -0.2) is 39.7 Å². The predicted molar refractivity (Wildman–Crippen MR) is 113 cm³/mol. The molecule has 1 fully saturated rings. The molecule has 0 spiro atoms. The maximum Gasteiger partial charge on any atom is 0.317 e. The van der Waals surface area contributed by atoms with E-state index in [-0.39, 0.29) is 18.0 Å². The quantitative estimate of drug-likeness (QED) is 0.747. The summed E-state index contributed by atoms with van der Waals surface area (Å²) in [5.41, 5.74) is 1.87. The molecule has 29 heavy (non-hydrogen) atoms. The molecule has 0 saturated carbocycles. The molecule has 1 aliphatic rings. The van der Waals surface area contributed by atoms with Gasteiger partial charge in [-0.2, -0.15) is 5.10 Å². The smallest absolute Gasteiger partial charge is 0.317 e. The highest BCUT2D eigenvalue weighted by atomic mass is 16.2. The van der Waals surface area contributed by atoms with Crippen molar-refractivity contribution in [2.75, 3.05) is 18.4 Å². The van der Waals surface area contributed by atoms with E-state index >= 15 is 0 Å². The minimum atomic E-state index is -0.0180. The molecule has 1 saturated heterocycles. The largest absolute Gasteiger partial charge is 0.331 e. The van der Waals surface area contributed by atoms with Crippen molar-refractivity contribution in [3.05, 3.63) is 48.3 Å². The Hall–Kier alpha value is -2.83. The van der Waals surface area contributed by atoms with Crippen molar-refractivity contribution in [3.8, 4) is 0 Å². The fourth-order valence-electron chi connectivity index (χ4n) is 3.79. The summed E-state index contributed by atoms with van der Waals surface area (Å²) in [4.78, 5) is 26.7. The molecule has 1 aliphatic heterocycles. The molecule has 3 amide bonds. The van der Waals surface area contributed by atoms with Gasteiger partial charge in [-0.25, -0.2) is 4.79 Å². The van der Waals surface area contributed by atoms with Crippen LogP contribution in [0.25, 0.3) is 0 Å². The molecule has 2 heterocycles. The van der Waals surface area contributed by atoms with Crippen molar-refractivity contribution in [3.63, 3.8) is 0 Å². The van der Waals surface area contributed by atoms with E-state index in [0.29, 0.717) is 12.3 Å². The zero-order chi connectivity index (χ0) is 20.6. The van der Waals surface area contributed by atoms with Gasteiger partial charge in [0.15, 0.2) is 0 Å². The summed E-state index contributed by atoms with van der Waals surface area (Å²) in [6.45, 7) is 3.53. The van der Waals surface area contributed by atoms with E-state index in [1.165, 1.54) is 0 Å². The second kappa shape index (κ2) is 10.1. The van der Waals surface area contributed by atoms with Gasteiger partial charge in [0, 0.05) is 44.0 Å². The first-order valence-corrected chi connectivity index (χ1v) is 10.4. The van der Waals surface area contributed by atoms with Gasteiger partial charge in [-0.3, -0.25) is 9.48 Å². The van der Waals surface area contributed by atoms with Crippen LogP contribution < -0.4 is 10.6 Å². The molecular formula is C22H31N5O2. The number of nitrogens with one attached hydrogen (secondary N) is 2. The molecule has 1 atom stereocenters. The van der Waals surface area contributed by atoms with Crippen molar-refractivity contribution in [2.45, 2.75) is 45.1 Å². The van der Waals surface area contributed by atoms with Crippen LogP contribution in [0.3, 0.4) is 0 Å². The number of likely N-dealkylation sites (tertiary alicyclic amines) is 1. The lowest BCUT2D eigenvalue weighted by Crippen LogP contribution is -2.45. The molecular weight excluding hydrogens is 366 g/mol. The first kappa shape index (κ1) is 20.9. The van der Waals surface area contributed by atoms with Crippen LogP contribution in [0.5, 0.6) is 0 Å². The number of hydrogen-bond acceptors (Lipinski definition) is 3. The highest BCUT2D eigenvalue weighted by Gasteiger charge is 2.25. The number of benzene rings is 1. The highest BCUT2D eigenvalue weighted by molar-refractivity contribution is 5.90. The topological polar surface area (TPSA) is 79.3 Å². The van der Waals surface area contributed by atoms with Gasteiger partial charge < -0.3 is 15.5 Å². The first-order chi connectivity index (χ1) is 14.0. The number of carbonyl (C=O) groups is 2. The molecule has 2 aromatic rings. The van der Waals surface area contributed by atoms with Crippen molar-refractivity contribution in [2.24, 2.45) is 13.0 Å². The summed E-state index contributed by atoms with van der Waals surface area (Å²) in [6, 6.07) is 9.51. The highest BCUT2D eigenvalue weighted by Crippen LogP contribution is 2.23. The van der Waals surface area contributed by atoms with E-state index in [1.54, 1.807) is 10.9 Å². The van der Waals surface area contributed by atoms with Gasteiger partial charge in [0.2, 0.25) is 5.91 Å². The van der Waals surface area contributed by atoms with Crippen molar-refractivity contribution in [1.29, 1.82) is 0 Å². The summed E-state index contributed by atoms with van der Waals surface area (Å²) in [7, 11) is 1.88. The number of amides is 3. The number of anilines is 1. The number of carbonyl (C=O) groups excluding carboxylic acids is 2. The van der Waals surface area contributed by atoms with Gasteiger partial charge >= 0.3 is 6.03 Å². The molecule has 7 heteroatoms. The Kier molecular flexibility index (Phi) is 7.27. The number of hydrogen-bond donors (Lipinski definition) is 2. The van der Waals surface area contributed by atoms with Crippen molar-refractivity contribution >= 4 is 17.6 Å². The third-order valence-corrected chi connectivity index (χ3v) is 5.57. The predicted octanol–water partition coefficient (Wildman–Crippen LogP) is 3.71. The number of nitrogens with zero attached hydrogens (tertiary/aromatic N) is 3. The molecule has 1 aromatic carbocycles. The van der Waals surface area contributed by atoms with Crippen molar-refractivity contribution < 1.29 is 9.59 Å². The minimum Gasteiger partial charge on any atom is -0.331 e. The van der Waals surface area contributed by atoms with Gasteiger partial charge in [0.1, 0.15) is 0 Å². The number of piperidine rings is 1. The molecule has 0 unspecified atom stereocenters. The Bertz CT molecular complexity index is 797. The van der Waals surface area contributed by atoms with Crippen molar-refractivity contribution in [1.82, 2.24) is 20.0 Å². The lowest BCUT2D eigenvalue weighted by atomic mass is 9.92. The standard InChI is InChI=1S/C22H31N5O2/c1-3-20(18-15-23-26(2)16-18)25-22(29)27-13-11-17(12-14-27)9-10-21(28)24-19-7-5-4-6-8-19/h4-8,15-17,20H,3,9-14H2,1-2H3,(H,24,28)(H,25,29)/t20-/m0/s1. The maximum atomic E-state index is 12.6. The first-order valence-electron chi connectivity index (χ1n) is 10.4. The Labute approximate surface area is 172 Å². The van der Waals surface area contributed by atoms with E-state index in [2.05, 4.69) is 22.7 Å². The molecule has 1 aromatic heterocycles. The second-order valence-electron chi connectivity index (χ2n) is 7.74. The SMILES string of the molecule is CC[C@H](NC(=O)N1CCC(CCC(=O)Nc2ccccc2)CC1)c1cnn(C)c1. The van der Waals surface area contributed by atoms with Gasteiger partial charge in [-0.1, -0.05) is 25.1 Å². The van der Waals surface area contributed by atoms with E-state index in [0.717, 1.165) is 50.0 Å². The van der Waals surface area contributed by atoms with E-state index in [1.807, 2.05) is 48.5 Å². The van der Waals surface area contributed by atoms with Crippen LogP contribution in [0.2, 0.25) is 0 Å². The zero-order valence-corrected chi connectivity index (χ0v) is 17.3. The van der Waals surface area contributed by atoms with Crippen LogP contribution >= 0.6 is 0 Å². The number of rotatable bonds is 7. The summed E-state index contributed by atoms with van der Waals surface area (Å²) in [6.07, 6.45) is 7.84. The second-order valence-corrected chi connectivity index (χ2v) is 7.74. The van der Waals surface area contributed by atoms with Crippen LogP contribution in [0, 0.1) is 5.92 Å². The van der Waals surface area contributed by atoms with E-state index in [4.69, 9.17) is 0 Å². The van der Waals surface area contributed by atoms with Gasteiger partial charge in [0.25, 0.3) is 0 Å². The normalized spacial score (nSPS) is 15.7. The zero-order valence-electron chi connectivity index (χ0n) is 17.3. The average molecular weight is 398 g/mol. The van der Waals surface area contributed by atoms with Crippen LogP contribution in [0.15, 0.2) is 42.7 Å². The van der Waals surface area contributed by atoms with Crippen LogP contribution in [-0.2, 0) is 11.8 Å². The van der Waals surface area contributed by atoms with Gasteiger partial charge in [0.05, 0.1) is 12.2 Å². The average Bonchev–Trinajstić information content (AvgIpc) is 3.17. The number of para-hydroxylation sites is 1. The number of aryl methyl sites for hydroxylation is 1. The fraction of sp³-hybridized carbons (Fsp3) is 0.500. The summed E-state index contributed by atoms with van der Waals surface area (Å²) < 4.78 is 1.75. The molecule has 0 radical (unpaired) electrons. The molecule has 7 nitrogen and oxygen atoms in total. The Morgan fingerprint density at radius 1 is 1.21 bits per heavy atom. The molecule has 156 valence electrons. The lowest BCUT2D eigenvalue weighted by Gasteiger charge is -2.33. The van der Waals surface area contributed by atoms with E-state index < -0.39 is 0 Å². The molecule has 2 N–H and O–H groups in total. The summed E-state index contributed by atoms with van der Waals surface area (Å²) >= 11 is 0. The monoisotopic (exact) mass is 397 g/mol. The molecule has 0 aliphatic carbocycles. The minimum absolute atomic E-state index is 0.0130. The third kappa shape index (κ3) is 6.07. The Balaban J connectivity index is 1.39. The van der Waals surface area contributed by atoms with Gasteiger partial charge in [-0.05, 0) is 43.7 Å². The summed E-state index contributed by atoms with van der Waals surface area (Å²) in [5, 5.41) is 10.3. The number of urea groups is 1. The Morgan fingerprint density at radius 2 is 1.93 bits per heavy atom. The number of aromatic nitrogens is 2. The van der Waals surface area contributed by atoms with E-state index in [9.17, 15) is 9.59 Å². The van der Waals surface area contributed by atoms with Crippen LogP contribution in [0.1, 0.15) is 50.6 Å². The molecule has 3 rings (SSSR count).